The largest absolute Gasteiger partial charge is 0.370 e. The van der Waals surface area contributed by atoms with Crippen LogP contribution >= 0.6 is 39.1 Å². The molecule has 0 spiro atoms. The van der Waals surface area contributed by atoms with Gasteiger partial charge in [-0.3, -0.25) is 0 Å². The first kappa shape index (κ1) is 15.2. The number of halogens is 3. The molecule has 21 heavy (non-hydrogen) atoms. The minimum Gasteiger partial charge on any atom is -0.370 e. The molecule has 0 unspecified atom stereocenters. The van der Waals surface area contributed by atoms with Gasteiger partial charge in [-0.05, 0) is 25.3 Å². The lowest BCUT2D eigenvalue weighted by Crippen LogP contribution is -2.38. The third-order valence-electron chi connectivity index (χ3n) is 3.92. The SMILES string of the molecule is COC1(c2nc(Cl)c(-c3ccccc3Br)c(Cl)n2)CCC1. The lowest BCUT2D eigenvalue weighted by molar-refractivity contribution is -0.0846. The van der Waals surface area contributed by atoms with Gasteiger partial charge in [0, 0.05) is 17.1 Å². The maximum atomic E-state index is 6.37. The Kier molecular flexibility index (Phi) is 4.23. The first-order valence-corrected chi connectivity index (χ1v) is 8.16. The van der Waals surface area contributed by atoms with E-state index in [0.717, 1.165) is 29.3 Å². The fraction of sp³-hybridized carbons (Fsp3) is 0.333. The Labute approximate surface area is 141 Å². The molecule has 3 rings (SSSR count). The fourth-order valence-corrected chi connectivity index (χ4v) is 3.59. The standard InChI is InChI=1S/C15H13BrCl2N2O/c1-21-15(7-4-8-15)14-19-12(17)11(13(18)20-14)9-5-2-3-6-10(9)16/h2-3,5-6H,4,7-8H2,1H3. The van der Waals surface area contributed by atoms with Gasteiger partial charge in [-0.1, -0.05) is 57.3 Å². The fourth-order valence-electron chi connectivity index (χ4n) is 2.51. The van der Waals surface area contributed by atoms with Gasteiger partial charge in [-0.25, -0.2) is 9.97 Å². The normalized spacial score (nSPS) is 16.6. The minimum atomic E-state index is -0.431. The third kappa shape index (κ3) is 2.59. The van der Waals surface area contributed by atoms with Crippen LogP contribution in [-0.4, -0.2) is 17.1 Å². The second kappa shape index (κ2) is 5.84. The first-order valence-electron chi connectivity index (χ1n) is 6.61. The Balaban J connectivity index is 2.11. The van der Waals surface area contributed by atoms with E-state index in [1.807, 2.05) is 24.3 Å². The van der Waals surface area contributed by atoms with Crippen molar-refractivity contribution in [3.63, 3.8) is 0 Å². The average molecular weight is 388 g/mol. The van der Waals surface area contributed by atoms with Gasteiger partial charge in [-0.15, -0.1) is 0 Å². The number of aromatic nitrogens is 2. The summed E-state index contributed by atoms with van der Waals surface area (Å²) in [7, 11) is 1.67. The summed E-state index contributed by atoms with van der Waals surface area (Å²) in [6.45, 7) is 0. The zero-order valence-corrected chi connectivity index (χ0v) is 14.5. The number of benzene rings is 1. The van der Waals surface area contributed by atoms with Gasteiger partial charge in [0.1, 0.15) is 15.9 Å². The van der Waals surface area contributed by atoms with Crippen molar-refractivity contribution in [2.24, 2.45) is 0 Å². The summed E-state index contributed by atoms with van der Waals surface area (Å²) in [5.74, 6) is 0.571. The van der Waals surface area contributed by atoms with E-state index in [2.05, 4.69) is 25.9 Å². The van der Waals surface area contributed by atoms with E-state index in [1.54, 1.807) is 7.11 Å². The Hall–Kier alpha value is -0.680. The minimum absolute atomic E-state index is 0.347. The molecule has 0 atom stereocenters. The Bertz CT molecular complexity index is 661. The Morgan fingerprint density at radius 3 is 2.24 bits per heavy atom. The van der Waals surface area contributed by atoms with Crippen molar-refractivity contribution >= 4 is 39.1 Å². The highest BCUT2D eigenvalue weighted by molar-refractivity contribution is 9.10. The van der Waals surface area contributed by atoms with Crippen LogP contribution in [0.15, 0.2) is 28.7 Å². The van der Waals surface area contributed by atoms with E-state index in [9.17, 15) is 0 Å². The molecular weight excluding hydrogens is 375 g/mol. The quantitative estimate of drug-likeness (QED) is 0.675. The van der Waals surface area contributed by atoms with Crippen LogP contribution in [0.5, 0.6) is 0 Å². The van der Waals surface area contributed by atoms with E-state index in [0.29, 0.717) is 21.7 Å². The van der Waals surface area contributed by atoms with E-state index < -0.39 is 5.60 Å². The molecule has 1 heterocycles. The number of rotatable bonds is 3. The van der Waals surface area contributed by atoms with Crippen LogP contribution < -0.4 is 0 Å². The van der Waals surface area contributed by atoms with E-state index in [4.69, 9.17) is 27.9 Å². The van der Waals surface area contributed by atoms with Crippen molar-refractivity contribution in [3.8, 4) is 11.1 Å². The van der Waals surface area contributed by atoms with Gasteiger partial charge >= 0.3 is 0 Å². The molecule has 0 bridgehead atoms. The lowest BCUT2D eigenvalue weighted by atomic mass is 9.79. The second-order valence-electron chi connectivity index (χ2n) is 5.04. The smallest absolute Gasteiger partial charge is 0.163 e. The summed E-state index contributed by atoms with van der Waals surface area (Å²) in [6.07, 6.45) is 2.88. The van der Waals surface area contributed by atoms with Crippen LogP contribution in [0.25, 0.3) is 11.1 Å². The molecule has 0 amide bonds. The summed E-state index contributed by atoms with van der Waals surface area (Å²) < 4.78 is 6.49. The molecule has 0 aliphatic heterocycles. The maximum Gasteiger partial charge on any atom is 0.163 e. The predicted molar refractivity (Wildman–Crippen MR) is 87.7 cm³/mol. The zero-order valence-electron chi connectivity index (χ0n) is 11.4. The number of hydrogen-bond acceptors (Lipinski definition) is 3. The highest BCUT2D eigenvalue weighted by atomic mass is 79.9. The van der Waals surface area contributed by atoms with Gasteiger partial charge in [-0.2, -0.15) is 0 Å². The van der Waals surface area contributed by atoms with E-state index >= 15 is 0 Å². The summed E-state index contributed by atoms with van der Waals surface area (Å²) >= 11 is 16.2. The van der Waals surface area contributed by atoms with Crippen LogP contribution in [0.2, 0.25) is 10.3 Å². The second-order valence-corrected chi connectivity index (χ2v) is 6.61. The molecule has 6 heteroatoms. The highest BCUT2D eigenvalue weighted by Gasteiger charge is 2.42. The van der Waals surface area contributed by atoms with Crippen LogP contribution in [-0.2, 0) is 10.3 Å². The molecule has 3 nitrogen and oxygen atoms in total. The lowest BCUT2D eigenvalue weighted by Gasteiger charge is -2.38. The molecule has 0 radical (unpaired) electrons. The average Bonchev–Trinajstić information content (AvgIpc) is 2.39. The summed E-state index contributed by atoms with van der Waals surface area (Å²) in [6, 6.07) is 7.70. The van der Waals surface area contributed by atoms with Crippen LogP contribution in [0, 0.1) is 0 Å². The van der Waals surface area contributed by atoms with Crippen molar-refractivity contribution in [3.05, 3.63) is 44.9 Å². The summed E-state index contributed by atoms with van der Waals surface area (Å²) in [4.78, 5) is 8.88. The van der Waals surface area contributed by atoms with Crippen molar-refractivity contribution in [1.29, 1.82) is 0 Å². The van der Waals surface area contributed by atoms with Crippen LogP contribution in [0.1, 0.15) is 25.1 Å². The Morgan fingerprint density at radius 1 is 1.14 bits per heavy atom. The van der Waals surface area contributed by atoms with Crippen LogP contribution in [0.4, 0.5) is 0 Å². The van der Waals surface area contributed by atoms with Crippen molar-refractivity contribution in [2.45, 2.75) is 24.9 Å². The number of hydrogen-bond donors (Lipinski definition) is 0. The van der Waals surface area contributed by atoms with Gasteiger partial charge in [0.15, 0.2) is 5.82 Å². The van der Waals surface area contributed by atoms with E-state index in [-0.39, 0.29) is 0 Å². The van der Waals surface area contributed by atoms with Gasteiger partial charge < -0.3 is 4.74 Å². The van der Waals surface area contributed by atoms with Crippen molar-refractivity contribution in [1.82, 2.24) is 9.97 Å². The number of nitrogens with zero attached hydrogens (tertiary/aromatic N) is 2. The van der Waals surface area contributed by atoms with Crippen molar-refractivity contribution in [2.75, 3.05) is 7.11 Å². The monoisotopic (exact) mass is 386 g/mol. The zero-order chi connectivity index (χ0) is 15.0. The molecule has 1 aliphatic rings. The molecule has 1 aromatic heterocycles. The predicted octanol–water partition coefficient (Wildman–Crippen LogP) is 5.24. The number of methoxy groups -OCH3 is 1. The topological polar surface area (TPSA) is 35.0 Å². The number of ether oxygens (including phenoxy) is 1. The van der Waals surface area contributed by atoms with Gasteiger partial charge in [0.05, 0.1) is 5.56 Å². The van der Waals surface area contributed by atoms with E-state index in [1.165, 1.54) is 0 Å². The van der Waals surface area contributed by atoms with Gasteiger partial charge in [0.25, 0.3) is 0 Å². The molecule has 1 saturated carbocycles. The molecule has 110 valence electrons. The molecule has 1 fully saturated rings. The summed E-state index contributed by atoms with van der Waals surface area (Å²) in [5, 5.41) is 0.695. The maximum absolute atomic E-state index is 6.37. The third-order valence-corrected chi connectivity index (χ3v) is 5.16. The molecular formula is C15H13BrCl2N2O. The molecule has 2 aromatic rings. The molecule has 1 aliphatic carbocycles. The molecule has 1 aromatic carbocycles. The molecule has 0 saturated heterocycles. The van der Waals surface area contributed by atoms with Crippen molar-refractivity contribution < 1.29 is 4.74 Å². The van der Waals surface area contributed by atoms with Gasteiger partial charge in [0.2, 0.25) is 0 Å². The Morgan fingerprint density at radius 2 is 1.76 bits per heavy atom. The summed E-state index contributed by atoms with van der Waals surface area (Å²) in [5.41, 5.74) is 1.08. The van der Waals surface area contributed by atoms with Crippen LogP contribution in [0.3, 0.4) is 0 Å². The first-order chi connectivity index (χ1) is 10.1. The molecule has 0 N–H and O–H groups in total. The highest BCUT2D eigenvalue weighted by Crippen LogP contribution is 2.45.